The average Bonchev–Trinajstić information content (AvgIpc) is 2.68. The number of H-pyrrole nitrogens is 1. The zero-order valence-corrected chi connectivity index (χ0v) is 16.6. The van der Waals surface area contributed by atoms with Crippen LogP contribution >= 0.6 is 11.6 Å². The van der Waals surface area contributed by atoms with Crippen molar-refractivity contribution in [1.29, 1.82) is 0 Å². The van der Waals surface area contributed by atoms with Crippen LogP contribution in [-0.4, -0.2) is 39.8 Å². The van der Waals surface area contributed by atoms with Gasteiger partial charge in [-0.25, -0.2) is 4.98 Å². The molecule has 0 bridgehead atoms. The molecular formula is C20H23ClN4O3. The lowest BCUT2D eigenvalue weighted by Crippen LogP contribution is -2.44. The highest BCUT2D eigenvalue weighted by Gasteiger charge is 2.29. The van der Waals surface area contributed by atoms with Crippen LogP contribution in [0.4, 0.5) is 5.82 Å². The number of amides is 2. The molecular weight excluding hydrogens is 380 g/mol. The van der Waals surface area contributed by atoms with E-state index in [0.717, 1.165) is 12.1 Å². The molecule has 0 radical (unpaired) electrons. The van der Waals surface area contributed by atoms with Crippen LogP contribution in [0.15, 0.2) is 35.3 Å². The van der Waals surface area contributed by atoms with E-state index in [2.05, 4.69) is 15.3 Å². The first-order valence-electron chi connectivity index (χ1n) is 9.29. The minimum Gasteiger partial charge on any atom is -0.338 e. The Labute approximate surface area is 168 Å². The second kappa shape index (κ2) is 8.56. The molecule has 0 unspecified atom stereocenters. The summed E-state index contributed by atoms with van der Waals surface area (Å²) in [4.78, 5) is 45.8. The number of pyridine rings is 2. The molecule has 2 aromatic rings. The molecule has 1 fully saturated rings. The molecule has 1 atom stereocenters. The van der Waals surface area contributed by atoms with Gasteiger partial charge < -0.3 is 15.2 Å². The normalized spacial score (nSPS) is 16.9. The van der Waals surface area contributed by atoms with Crippen molar-refractivity contribution in [1.82, 2.24) is 14.9 Å². The second-order valence-electron chi connectivity index (χ2n) is 7.28. The third-order valence-corrected chi connectivity index (χ3v) is 5.02. The van der Waals surface area contributed by atoms with Crippen molar-refractivity contribution in [3.8, 4) is 0 Å². The maximum Gasteiger partial charge on any atom is 0.254 e. The summed E-state index contributed by atoms with van der Waals surface area (Å²) in [5, 5.41) is 3.26. The lowest BCUT2D eigenvalue weighted by atomic mass is 9.96. The Morgan fingerprint density at radius 3 is 2.79 bits per heavy atom. The predicted molar refractivity (Wildman–Crippen MR) is 108 cm³/mol. The number of halogens is 1. The first-order valence-corrected chi connectivity index (χ1v) is 9.67. The SMILES string of the molecule is CC(C)c1cc(C(=O)N2CCC[C@@H](C(=O)Nc3ccc(Cl)cn3)C2)cc(=O)[nH]1. The molecule has 1 saturated heterocycles. The molecule has 0 spiro atoms. The Morgan fingerprint density at radius 1 is 1.32 bits per heavy atom. The maximum atomic E-state index is 12.9. The van der Waals surface area contributed by atoms with Gasteiger partial charge in [-0.15, -0.1) is 0 Å². The van der Waals surface area contributed by atoms with Crippen LogP contribution in [0, 0.1) is 5.92 Å². The highest BCUT2D eigenvalue weighted by Crippen LogP contribution is 2.21. The summed E-state index contributed by atoms with van der Waals surface area (Å²) in [6.07, 6.45) is 2.88. The zero-order chi connectivity index (χ0) is 20.3. The summed E-state index contributed by atoms with van der Waals surface area (Å²) >= 11 is 5.81. The summed E-state index contributed by atoms with van der Waals surface area (Å²) in [6.45, 7) is 4.77. The van der Waals surface area contributed by atoms with E-state index in [1.807, 2.05) is 13.8 Å². The first kappa shape index (κ1) is 20.1. The molecule has 0 aliphatic carbocycles. The molecule has 3 heterocycles. The molecule has 8 heteroatoms. The van der Waals surface area contributed by atoms with E-state index in [4.69, 9.17) is 11.6 Å². The molecule has 0 aromatic carbocycles. The van der Waals surface area contributed by atoms with E-state index in [1.54, 1.807) is 23.1 Å². The van der Waals surface area contributed by atoms with E-state index in [9.17, 15) is 14.4 Å². The van der Waals surface area contributed by atoms with Crippen LogP contribution in [0.25, 0.3) is 0 Å². The number of rotatable bonds is 4. The zero-order valence-electron chi connectivity index (χ0n) is 15.9. The number of anilines is 1. The van der Waals surface area contributed by atoms with Crippen molar-refractivity contribution in [2.75, 3.05) is 18.4 Å². The van der Waals surface area contributed by atoms with Crippen molar-refractivity contribution in [3.05, 3.63) is 57.1 Å². The fraction of sp³-hybridized carbons (Fsp3) is 0.400. The lowest BCUT2D eigenvalue weighted by molar-refractivity contribution is -0.121. The van der Waals surface area contributed by atoms with Gasteiger partial charge in [-0.3, -0.25) is 14.4 Å². The Hall–Kier alpha value is -2.67. The van der Waals surface area contributed by atoms with Crippen LogP contribution in [-0.2, 0) is 4.79 Å². The fourth-order valence-electron chi connectivity index (χ4n) is 3.24. The highest BCUT2D eigenvalue weighted by atomic mass is 35.5. The number of carbonyl (C=O) groups is 2. The van der Waals surface area contributed by atoms with E-state index in [1.165, 1.54) is 12.3 Å². The molecule has 1 aliphatic heterocycles. The maximum absolute atomic E-state index is 12.9. The van der Waals surface area contributed by atoms with Gasteiger partial charge in [0.25, 0.3) is 5.91 Å². The third-order valence-electron chi connectivity index (χ3n) is 4.79. The minimum absolute atomic E-state index is 0.104. The number of hydrogen-bond acceptors (Lipinski definition) is 4. The number of hydrogen-bond donors (Lipinski definition) is 2. The van der Waals surface area contributed by atoms with Crippen molar-refractivity contribution >= 4 is 29.2 Å². The van der Waals surface area contributed by atoms with Crippen LogP contribution in [0.2, 0.25) is 5.02 Å². The van der Waals surface area contributed by atoms with Gasteiger partial charge in [-0.05, 0) is 37.0 Å². The molecule has 7 nitrogen and oxygen atoms in total. The van der Waals surface area contributed by atoms with Crippen LogP contribution in [0.3, 0.4) is 0 Å². The topological polar surface area (TPSA) is 95.2 Å². The van der Waals surface area contributed by atoms with Crippen molar-refractivity contribution in [2.24, 2.45) is 5.92 Å². The summed E-state index contributed by atoms with van der Waals surface area (Å²) in [5.74, 6) is -0.209. The molecule has 28 heavy (non-hydrogen) atoms. The largest absolute Gasteiger partial charge is 0.338 e. The number of aromatic amines is 1. The van der Waals surface area contributed by atoms with Gasteiger partial charge in [-0.1, -0.05) is 25.4 Å². The quantitative estimate of drug-likeness (QED) is 0.821. The van der Waals surface area contributed by atoms with Crippen LogP contribution in [0.5, 0.6) is 0 Å². The van der Waals surface area contributed by atoms with Gasteiger partial charge >= 0.3 is 0 Å². The van der Waals surface area contributed by atoms with Crippen LogP contribution < -0.4 is 10.9 Å². The summed E-state index contributed by atoms with van der Waals surface area (Å²) in [5.41, 5.74) is 0.776. The summed E-state index contributed by atoms with van der Waals surface area (Å²) in [6, 6.07) is 6.32. The molecule has 0 saturated carbocycles. The van der Waals surface area contributed by atoms with E-state index >= 15 is 0 Å². The van der Waals surface area contributed by atoms with Gasteiger partial charge in [0.05, 0.1) is 10.9 Å². The Kier molecular flexibility index (Phi) is 6.14. The Balaban J connectivity index is 1.70. The van der Waals surface area contributed by atoms with Gasteiger partial charge in [0, 0.05) is 36.6 Å². The molecule has 3 rings (SSSR count). The molecule has 148 valence electrons. The third kappa shape index (κ3) is 4.78. The van der Waals surface area contributed by atoms with Gasteiger partial charge in [-0.2, -0.15) is 0 Å². The molecule has 2 aromatic heterocycles. The van der Waals surface area contributed by atoms with E-state index < -0.39 is 0 Å². The summed E-state index contributed by atoms with van der Waals surface area (Å²) < 4.78 is 0. The van der Waals surface area contributed by atoms with Crippen LogP contribution in [0.1, 0.15) is 48.7 Å². The predicted octanol–water partition coefficient (Wildman–Crippen LogP) is 3.04. The number of likely N-dealkylation sites (tertiary alicyclic amines) is 1. The Morgan fingerprint density at radius 2 is 2.11 bits per heavy atom. The molecule has 2 N–H and O–H groups in total. The lowest BCUT2D eigenvalue weighted by Gasteiger charge is -2.32. The van der Waals surface area contributed by atoms with Crippen molar-refractivity contribution in [3.63, 3.8) is 0 Å². The van der Waals surface area contributed by atoms with Crippen molar-refractivity contribution < 1.29 is 9.59 Å². The Bertz CT molecular complexity index is 924. The average molecular weight is 403 g/mol. The second-order valence-corrected chi connectivity index (χ2v) is 7.72. The number of nitrogens with one attached hydrogen (secondary N) is 2. The first-order chi connectivity index (χ1) is 13.3. The minimum atomic E-state index is -0.332. The highest BCUT2D eigenvalue weighted by molar-refractivity contribution is 6.30. The number of aromatic nitrogens is 2. The van der Waals surface area contributed by atoms with Gasteiger partial charge in [0.1, 0.15) is 5.82 Å². The standard InChI is InChI=1S/C20H23ClN4O3/c1-12(2)16-8-14(9-18(26)23-16)20(28)25-7-3-4-13(11-25)19(27)24-17-6-5-15(21)10-22-17/h5-6,8-10,12-13H,3-4,7,11H2,1-2H3,(H,23,26)(H,22,24,27)/t13-/m1/s1. The number of carbonyl (C=O) groups excluding carboxylic acids is 2. The molecule has 2 amide bonds. The molecule has 1 aliphatic rings. The van der Waals surface area contributed by atoms with E-state index in [0.29, 0.717) is 35.9 Å². The number of nitrogens with zero attached hydrogens (tertiary/aromatic N) is 2. The monoisotopic (exact) mass is 402 g/mol. The van der Waals surface area contributed by atoms with Crippen molar-refractivity contribution in [2.45, 2.75) is 32.6 Å². The van der Waals surface area contributed by atoms with Gasteiger partial charge in [0.15, 0.2) is 0 Å². The van der Waals surface area contributed by atoms with Gasteiger partial charge in [0.2, 0.25) is 11.5 Å². The number of piperidine rings is 1. The summed E-state index contributed by atoms with van der Waals surface area (Å²) in [7, 11) is 0. The smallest absolute Gasteiger partial charge is 0.254 e. The van der Waals surface area contributed by atoms with E-state index in [-0.39, 0.29) is 29.2 Å². The fourth-order valence-corrected chi connectivity index (χ4v) is 3.35.